The Morgan fingerprint density at radius 3 is 2.29 bits per heavy atom. The van der Waals surface area contributed by atoms with Gasteiger partial charge in [-0.15, -0.1) is 0 Å². The quantitative estimate of drug-likeness (QED) is 0.290. The second-order valence-electron chi connectivity index (χ2n) is 7.28. The molecule has 1 N–H and O–H groups in total. The van der Waals surface area contributed by atoms with Crippen molar-refractivity contribution in [1.29, 1.82) is 5.26 Å². The fourth-order valence-electron chi connectivity index (χ4n) is 3.30. The highest BCUT2D eigenvalue weighted by atomic mass is 19.4. The molecule has 34 heavy (non-hydrogen) atoms. The van der Waals surface area contributed by atoms with Gasteiger partial charge in [-0.3, -0.25) is 4.79 Å². The van der Waals surface area contributed by atoms with Crippen molar-refractivity contribution < 1.29 is 18.0 Å². The van der Waals surface area contributed by atoms with Crippen molar-refractivity contribution in [3.63, 3.8) is 0 Å². The van der Waals surface area contributed by atoms with Crippen LogP contribution in [0.3, 0.4) is 0 Å². The molecule has 8 heteroatoms. The van der Waals surface area contributed by atoms with Gasteiger partial charge in [0.05, 0.1) is 16.9 Å². The fraction of sp³-hybridized carbons (Fsp3) is 0.0385. The summed E-state index contributed by atoms with van der Waals surface area (Å²) in [5.74, 6) is -0.826. The van der Waals surface area contributed by atoms with E-state index in [-0.39, 0.29) is 11.3 Å². The number of benzene rings is 3. The van der Waals surface area contributed by atoms with E-state index < -0.39 is 17.6 Å². The topological polar surface area (TPSA) is 70.7 Å². The number of nitrogens with one attached hydrogen (secondary N) is 1. The third-order valence-corrected chi connectivity index (χ3v) is 4.92. The molecule has 4 rings (SSSR count). The highest BCUT2D eigenvalue weighted by Crippen LogP contribution is 2.31. The van der Waals surface area contributed by atoms with Gasteiger partial charge in [-0.05, 0) is 36.4 Å². The maximum atomic E-state index is 13.0. The SMILES string of the molecule is N#C/C(=C\c1cn(-c2ccccc2)nc1-c1ccccc1)C(=O)Nc1cccc(C(F)(F)F)c1. The molecule has 0 aliphatic carbocycles. The lowest BCUT2D eigenvalue weighted by Crippen LogP contribution is -2.14. The van der Waals surface area contributed by atoms with Crippen molar-refractivity contribution in [3.8, 4) is 23.0 Å². The zero-order valence-corrected chi connectivity index (χ0v) is 17.6. The van der Waals surface area contributed by atoms with E-state index in [4.69, 9.17) is 0 Å². The summed E-state index contributed by atoms with van der Waals surface area (Å²) in [7, 11) is 0. The number of carbonyl (C=O) groups is 1. The van der Waals surface area contributed by atoms with E-state index in [9.17, 15) is 23.2 Å². The number of alkyl halides is 3. The summed E-state index contributed by atoms with van der Waals surface area (Å²) in [4.78, 5) is 12.7. The lowest BCUT2D eigenvalue weighted by Gasteiger charge is -2.09. The van der Waals surface area contributed by atoms with Crippen LogP contribution in [-0.4, -0.2) is 15.7 Å². The molecule has 0 saturated heterocycles. The second-order valence-corrected chi connectivity index (χ2v) is 7.28. The fourth-order valence-corrected chi connectivity index (χ4v) is 3.30. The molecule has 0 spiro atoms. The number of aromatic nitrogens is 2. The van der Waals surface area contributed by atoms with Crippen LogP contribution in [0, 0.1) is 11.3 Å². The Kier molecular flexibility index (Phi) is 6.28. The molecule has 1 amide bonds. The summed E-state index contributed by atoms with van der Waals surface area (Å²) < 4.78 is 40.6. The molecule has 0 fully saturated rings. The third kappa shape index (κ3) is 5.05. The van der Waals surface area contributed by atoms with Crippen LogP contribution in [-0.2, 0) is 11.0 Å². The number of rotatable bonds is 5. The van der Waals surface area contributed by atoms with Crippen molar-refractivity contribution in [3.05, 3.63) is 108 Å². The maximum absolute atomic E-state index is 13.0. The van der Waals surface area contributed by atoms with Gasteiger partial charge >= 0.3 is 6.18 Å². The predicted molar refractivity (Wildman–Crippen MR) is 123 cm³/mol. The first-order chi connectivity index (χ1) is 16.3. The number of halogens is 3. The molecule has 0 radical (unpaired) electrons. The number of hydrogen-bond acceptors (Lipinski definition) is 3. The van der Waals surface area contributed by atoms with E-state index in [1.54, 1.807) is 10.9 Å². The molecule has 3 aromatic carbocycles. The summed E-state index contributed by atoms with van der Waals surface area (Å²) in [5, 5.41) is 16.6. The molecule has 0 saturated carbocycles. The van der Waals surface area contributed by atoms with Crippen LogP contribution in [0.15, 0.2) is 96.7 Å². The third-order valence-electron chi connectivity index (χ3n) is 4.92. The molecule has 0 aliphatic heterocycles. The minimum absolute atomic E-state index is 0.0655. The van der Waals surface area contributed by atoms with Gasteiger partial charge in [0.2, 0.25) is 0 Å². The lowest BCUT2D eigenvalue weighted by atomic mass is 10.1. The van der Waals surface area contributed by atoms with E-state index >= 15 is 0 Å². The number of anilines is 1. The first kappa shape index (κ1) is 22.6. The van der Waals surface area contributed by atoms with Crippen molar-refractivity contribution in [2.75, 3.05) is 5.32 Å². The number of nitriles is 1. The Morgan fingerprint density at radius 1 is 0.971 bits per heavy atom. The first-order valence-electron chi connectivity index (χ1n) is 10.2. The molecule has 0 aliphatic rings. The van der Waals surface area contributed by atoms with Crippen molar-refractivity contribution in [2.45, 2.75) is 6.18 Å². The largest absolute Gasteiger partial charge is 0.416 e. The Hall–Kier alpha value is -4.64. The average molecular weight is 458 g/mol. The number of carbonyl (C=O) groups excluding carboxylic acids is 1. The number of para-hydroxylation sites is 1. The molecule has 1 heterocycles. The van der Waals surface area contributed by atoms with E-state index in [1.165, 1.54) is 18.2 Å². The molecule has 0 unspecified atom stereocenters. The summed E-state index contributed by atoms with van der Waals surface area (Å²) >= 11 is 0. The van der Waals surface area contributed by atoms with Gasteiger partial charge < -0.3 is 5.32 Å². The normalized spacial score (nSPS) is 11.6. The van der Waals surface area contributed by atoms with Crippen LogP contribution in [0.4, 0.5) is 18.9 Å². The minimum Gasteiger partial charge on any atom is -0.321 e. The van der Waals surface area contributed by atoms with E-state index in [0.717, 1.165) is 23.4 Å². The van der Waals surface area contributed by atoms with E-state index in [1.807, 2.05) is 66.7 Å². The van der Waals surface area contributed by atoms with Gasteiger partial charge in [-0.2, -0.15) is 23.5 Å². The summed E-state index contributed by atoms with van der Waals surface area (Å²) in [6, 6.07) is 24.6. The van der Waals surface area contributed by atoms with Gasteiger partial charge in [-0.1, -0.05) is 54.6 Å². The smallest absolute Gasteiger partial charge is 0.321 e. The Labute approximate surface area is 193 Å². The lowest BCUT2D eigenvalue weighted by molar-refractivity contribution is -0.137. The maximum Gasteiger partial charge on any atom is 0.416 e. The highest BCUT2D eigenvalue weighted by molar-refractivity contribution is 6.10. The molecule has 5 nitrogen and oxygen atoms in total. The Morgan fingerprint density at radius 2 is 1.65 bits per heavy atom. The van der Waals surface area contributed by atoms with Crippen molar-refractivity contribution in [1.82, 2.24) is 9.78 Å². The molecule has 4 aromatic rings. The molecule has 1 aromatic heterocycles. The standard InChI is InChI=1S/C26H17F3N4O/c27-26(28,29)21-10-7-11-22(15-21)31-25(34)19(16-30)14-20-17-33(23-12-5-2-6-13-23)32-24(20)18-8-3-1-4-9-18/h1-15,17H,(H,31,34)/b19-14+. The molecular formula is C26H17F3N4O. The van der Waals surface area contributed by atoms with E-state index in [2.05, 4.69) is 10.4 Å². The Bertz CT molecular complexity index is 1390. The van der Waals surface area contributed by atoms with Crippen LogP contribution in [0.1, 0.15) is 11.1 Å². The second kappa shape index (κ2) is 9.46. The summed E-state index contributed by atoms with van der Waals surface area (Å²) in [6.07, 6.45) is -1.49. The van der Waals surface area contributed by atoms with Crippen LogP contribution in [0.2, 0.25) is 0 Å². The van der Waals surface area contributed by atoms with Crippen molar-refractivity contribution >= 4 is 17.7 Å². The zero-order valence-electron chi connectivity index (χ0n) is 17.6. The van der Waals surface area contributed by atoms with Gasteiger partial charge in [0.15, 0.2) is 0 Å². The van der Waals surface area contributed by atoms with Gasteiger partial charge in [0.25, 0.3) is 5.91 Å². The highest BCUT2D eigenvalue weighted by Gasteiger charge is 2.30. The first-order valence-corrected chi connectivity index (χ1v) is 10.2. The zero-order chi connectivity index (χ0) is 24.1. The van der Waals surface area contributed by atoms with Crippen LogP contribution in [0.25, 0.3) is 23.0 Å². The van der Waals surface area contributed by atoms with Gasteiger partial charge in [0, 0.05) is 23.0 Å². The van der Waals surface area contributed by atoms with E-state index in [0.29, 0.717) is 11.3 Å². The number of amides is 1. The predicted octanol–water partition coefficient (Wildman–Crippen LogP) is 6.10. The van der Waals surface area contributed by atoms with Gasteiger partial charge in [-0.25, -0.2) is 4.68 Å². The van der Waals surface area contributed by atoms with Crippen LogP contribution >= 0.6 is 0 Å². The monoisotopic (exact) mass is 458 g/mol. The van der Waals surface area contributed by atoms with Crippen LogP contribution in [0.5, 0.6) is 0 Å². The molecule has 0 atom stereocenters. The van der Waals surface area contributed by atoms with Crippen molar-refractivity contribution in [2.24, 2.45) is 0 Å². The number of nitrogens with zero attached hydrogens (tertiary/aromatic N) is 3. The average Bonchev–Trinajstić information content (AvgIpc) is 3.27. The summed E-state index contributed by atoms with van der Waals surface area (Å²) in [6.45, 7) is 0. The number of hydrogen-bond donors (Lipinski definition) is 1. The van der Waals surface area contributed by atoms with Crippen LogP contribution < -0.4 is 5.32 Å². The minimum atomic E-state index is -4.55. The summed E-state index contributed by atoms with van der Waals surface area (Å²) in [5.41, 5.74) is 1.37. The Balaban J connectivity index is 1.71. The molecule has 168 valence electrons. The van der Waals surface area contributed by atoms with Gasteiger partial charge in [0.1, 0.15) is 11.6 Å². The molecule has 0 bridgehead atoms. The molecular weight excluding hydrogens is 441 g/mol.